The Kier molecular flexibility index (Phi) is 5.80. The maximum Gasteiger partial charge on any atom is 0.312 e. The molecule has 0 saturated heterocycles. The summed E-state index contributed by atoms with van der Waals surface area (Å²) >= 11 is 0. The molecule has 0 fully saturated rings. The van der Waals surface area contributed by atoms with Crippen LogP contribution < -0.4 is 5.32 Å². The third kappa shape index (κ3) is 4.48. The third-order valence-electron chi connectivity index (χ3n) is 5.09. The van der Waals surface area contributed by atoms with Crippen molar-refractivity contribution in [3.8, 4) is 22.4 Å². The Balaban J connectivity index is 1.49. The van der Waals surface area contributed by atoms with Gasteiger partial charge in [0.2, 0.25) is 5.88 Å². The summed E-state index contributed by atoms with van der Waals surface area (Å²) in [6.45, 7) is 1.69. The number of hydrogen-bond acceptors (Lipinski definition) is 5. The van der Waals surface area contributed by atoms with Crippen LogP contribution in [0.15, 0.2) is 83.4 Å². The minimum atomic E-state index is -0.525. The molecule has 0 saturated carbocycles. The Morgan fingerprint density at radius 3 is 2.42 bits per heavy atom. The van der Waals surface area contributed by atoms with Gasteiger partial charge >= 0.3 is 5.97 Å². The highest BCUT2D eigenvalue weighted by atomic mass is 19.1. The second-order valence-corrected chi connectivity index (χ2v) is 7.13. The fourth-order valence-corrected chi connectivity index (χ4v) is 3.30. The number of esters is 1. The first-order chi connectivity index (χ1) is 15.0. The Labute approximate surface area is 179 Å². The number of halogens is 1. The summed E-state index contributed by atoms with van der Waals surface area (Å²) < 4.78 is 24.8. The zero-order valence-corrected chi connectivity index (χ0v) is 17.1. The lowest BCUT2D eigenvalue weighted by Gasteiger charge is -2.12. The molecule has 1 aromatic heterocycles. The molecule has 156 valence electrons. The minimum Gasteiger partial charge on any atom is -0.469 e. The molecule has 5 nitrogen and oxygen atoms in total. The molecule has 0 spiro atoms. The lowest BCUT2D eigenvalue weighted by atomic mass is 9.97. The van der Waals surface area contributed by atoms with Gasteiger partial charge in [0, 0.05) is 22.9 Å². The molecule has 0 aliphatic carbocycles. The van der Waals surface area contributed by atoms with Gasteiger partial charge in [-0.25, -0.2) is 4.39 Å². The van der Waals surface area contributed by atoms with Gasteiger partial charge in [-0.15, -0.1) is 0 Å². The maximum absolute atomic E-state index is 14.7. The number of nitrogens with one attached hydrogen (secondary N) is 1. The summed E-state index contributed by atoms with van der Waals surface area (Å²) in [5.41, 5.74) is 4.25. The number of anilines is 2. The van der Waals surface area contributed by atoms with Crippen LogP contribution >= 0.6 is 0 Å². The van der Waals surface area contributed by atoms with Crippen molar-refractivity contribution in [3.63, 3.8) is 0 Å². The van der Waals surface area contributed by atoms with E-state index in [-0.39, 0.29) is 0 Å². The summed E-state index contributed by atoms with van der Waals surface area (Å²) in [6.07, 6.45) is 0. The van der Waals surface area contributed by atoms with Crippen molar-refractivity contribution in [3.05, 3.63) is 90.2 Å². The van der Waals surface area contributed by atoms with Crippen LogP contribution in [0.1, 0.15) is 18.4 Å². The highest BCUT2D eigenvalue weighted by molar-refractivity contribution is 5.78. The molecule has 31 heavy (non-hydrogen) atoms. The Morgan fingerprint density at radius 2 is 1.74 bits per heavy atom. The number of carbonyl (C=O) groups is 1. The summed E-state index contributed by atoms with van der Waals surface area (Å²) in [7, 11) is 1.32. The molecule has 4 aromatic rings. The molecule has 0 aliphatic heterocycles. The predicted molar refractivity (Wildman–Crippen MR) is 117 cm³/mol. The first-order valence-corrected chi connectivity index (χ1v) is 9.82. The van der Waals surface area contributed by atoms with Crippen molar-refractivity contribution in [1.29, 1.82) is 0 Å². The van der Waals surface area contributed by atoms with Gasteiger partial charge in [0.25, 0.3) is 0 Å². The normalized spacial score (nSPS) is 11.7. The fraction of sp³-hybridized carbons (Fsp3) is 0.120. The SMILES string of the molecule is COC(=O)C(C)c1ccc(-c2ccc(Nc3cc(-c4ccccc4)no3)cc2)c(F)c1. The number of rotatable bonds is 6. The van der Waals surface area contributed by atoms with Gasteiger partial charge in [0.15, 0.2) is 0 Å². The monoisotopic (exact) mass is 416 g/mol. The van der Waals surface area contributed by atoms with Gasteiger partial charge in [-0.05, 0) is 36.2 Å². The van der Waals surface area contributed by atoms with Crippen LogP contribution in [-0.4, -0.2) is 18.2 Å². The third-order valence-corrected chi connectivity index (χ3v) is 5.09. The van der Waals surface area contributed by atoms with Crippen molar-refractivity contribution < 1.29 is 18.4 Å². The van der Waals surface area contributed by atoms with E-state index >= 15 is 0 Å². The number of methoxy groups -OCH3 is 1. The van der Waals surface area contributed by atoms with Gasteiger partial charge in [0.1, 0.15) is 11.5 Å². The van der Waals surface area contributed by atoms with Crippen molar-refractivity contribution in [2.24, 2.45) is 0 Å². The second kappa shape index (κ2) is 8.83. The molecule has 3 aromatic carbocycles. The van der Waals surface area contributed by atoms with Gasteiger partial charge in [-0.3, -0.25) is 4.79 Å². The number of ether oxygens (including phenoxy) is 1. The smallest absolute Gasteiger partial charge is 0.312 e. The summed E-state index contributed by atoms with van der Waals surface area (Å²) in [6, 6.07) is 23.7. The van der Waals surface area contributed by atoms with E-state index in [4.69, 9.17) is 9.26 Å². The average molecular weight is 416 g/mol. The molecule has 0 amide bonds. The van der Waals surface area contributed by atoms with E-state index in [1.807, 2.05) is 60.7 Å². The van der Waals surface area contributed by atoms with Crippen LogP contribution in [-0.2, 0) is 9.53 Å². The Morgan fingerprint density at radius 1 is 1.00 bits per heavy atom. The van der Waals surface area contributed by atoms with E-state index in [9.17, 15) is 9.18 Å². The quantitative estimate of drug-likeness (QED) is 0.381. The van der Waals surface area contributed by atoms with Crippen molar-refractivity contribution in [2.75, 3.05) is 12.4 Å². The van der Waals surface area contributed by atoms with Crippen LogP contribution in [0.5, 0.6) is 0 Å². The summed E-state index contributed by atoms with van der Waals surface area (Å²) in [4.78, 5) is 11.7. The number of carbonyl (C=O) groups excluding carboxylic acids is 1. The maximum atomic E-state index is 14.7. The number of benzene rings is 3. The lowest BCUT2D eigenvalue weighted by molar-refractivity contribution is -0.141. The zero-order chi connectivity index (χ0) is 21.8. The highest BCUT2D eigenvalue weighted by Gasteiger charge is 2.17. The molecular formula is C25H21FN2O3. The Bertz CT molecular complexity index is 1190. The second-order valence-electron chi connectivity index (χ2n) is 7.13. The van der Waals surface area contributed by atoms with Crippen molar-refractivity contribution >= 4 is 17.5 Å². The summed E-state index contributed by atoms with van der Waals surface area (Å²) in [5, 5.41) is 7.24. The molecule has 1 heterocycles. The zero-order valence-electron chi connectivity index (χ0n) is 17.1. The van der Waals surface area contributed by atoms with Crippen LogP contribution in [0, 0.1) is 5.82 Å². The molecule has 0 aliphatic rings. The molecule has 1 unspecified atom stereocenters. The fourth-order valence-electron chi connectivity index (χ4n) is 3.30. The van der Waals surface area contributed by atoms with E-state index in [0.717, 1.165) is 22.5 Å². The number of nitrogens with zero attached hydrogens (tertiary/aromatic N) is 1. The highest BCUT2D eigenvalue weighted by Crippen LogP contribution is 2.29. The molecule has 1 N–H and O–H groups in total. The minimum absolute atomic E-state index is 0.392. The van der Waals surface area contributed by atoms with Crippen LogP contribution in [0.3, 0.4) is 0 Å². The number of hydrogen-bond donors (Lipinski definition) is 1. The topological polar surface area (TPSA) is 64.4 Å². The molecule has 0 bridgehead atoms. The largest absolute Gasteiger partial charge is 0.469 e. The van der Waals surface area contributed by atoms with Crippen LogP contribution in [0.4, 0.5) is 16.0 Å². The van der Waals surface area contributed by atoms with E-state index in [1.165, 1.54) is 13.2 Å². The van der Waals surface area contributed by atoms with E-state index in [1.54, 1.807) is 19.1 Å². The standard InChI is InChI=1S/C25H21FN2O3/c1-16(25(29)30-2)19-10-13-21(22(26)14-19)17-8-11-20(12-9-17)27-24-15-23(28-31-24)18-6-4-3-5-7-18/h3-16,27H,1-2H3. The molecular weight excluding hydrogens is 395 g/mol. The lowest BCUT2D eigenvalue weighted by Crippen LogP contribution is -2.11. The molecule has 4 rings (SSSR count). The van der Waals surface area contributed by atoms with Crippen molar-refractivity contribution in [1.82, 2.24) is 5.16 Å². The van der Waals surface area contributed by atoms with Gasteiger partial charge < -0.3 is 14.6 Å². The molecule has 1 atom stereocenters. The van der Waals surface area contributed by atoms with Gasteiger partial charge in [-0.2, -0.15) is 0 Å². The molecule has 0 radical (unpaired) electrons. The summed E-state index contributed by atoms with van der Waals surface area (Å²) in [5.74, 6) is -0.802. The first-order valence-electron chi connectivity index (χ1n) is 9.82. The van der Waals surface area contributed by atoms with E-state index < -0.39 is 17.7 Å². The number of aromatic nitrogens is 1. The molecule has 6 heteroatoms. The van der Waals surface area contributed by atoms with Gasteiger partial charge in [0.05, 0.1) is 13.0 Å². The average Bonchev–Trinajstić information content (AvgIpc) is 3.27. The first kappa shape index (κ1) is 20.3. The van der Waals surface area contributed by atoms with E-state index in [0.29, 0.717) is 17.0 Å². The van der Waals surface area contributed by atoms with Crippen LogP contribution in [0.25, 0.3) is 22.4 Å². The van der Waals surface area contributed by atoms with Crippen LogP contribution in [0.2, 0.25) is 0 Å². The Hall–Kier alpha value is -3.93. The van der Waals surface area contributed by atoms with Crippen molar-refractivity contribution in [2.45, 2.75) is 12.8 Å². The van der Waals surface area contributed by atoms with E-state index in [2.05, 4.69) is 10.5 Å². The predicted octanol–water partition coefficient (Wildman–Crippen LogP) is 6.17. The van der Waals surface area contributed by atoms with Gasteiger partial charge in [-0.1, -0.05) is 59.8 Å².